The van der Waals surface area contributed by atoms with Crippen LogP contribution < -0.4 is 10.2 Å². The Morgan fingerprint density at radius 3 is 2.33 bits per heavy atom. The molecule has 0 aliphatic heterocycles. The van der Waals surface area contributed by atoms with Crippen molar-refractivity contribution in [2.45, 2.75) is 37.8 Å². The Bertz CT molecular complexity index is 998. The van der Waals surface area contributed by atoms with E-state index in [1.54, 1.807) is 48.5 Å². The molecule has 0 saturated heterocycles. The number of amides is 2. The summed E-state index contributed by atoms with van der Waals surface area (Å²) < 4.78 is 20.2. The number of carbonyl (C=O) groups excluding carboxylic acids is 2. The highest BCUT2D eigenvalue weighted by atomic mass is 19.1. The number of hydrogen-bond acceptors (Lipinski definition) is 3. The van der Waals surface area contributed by atoms with Crippen molar-refractivity contribution in [1.82, 2.24) is 5.32 Å². The number of furan rings is 1. The Kier molecular flexibility index (Phi) is 5.93. The summed E-state index contributed by atoms with van der Waals surface area (Å²) in [6, 6.07) is 16.8. The molecule has 0 radical (unpaired) electrons. The molecule has 2 amide bonds. The maximum Gasteiger partial charge on any atom is 0.294 e. The number of carbonyl (C=O) groups is 2. The smallest absolute Gasteiger partial charge is 0.294 e. The van der Waals surface area contributed by atoms with Crippen molar-refractivity contribution in [3.05, 3.63) is 90.1 Å². The Hall–Kier alpha value is -3.41. The zero-order valence-electron chi connectivity index (χ0n) is 16.5. The van der Waals surface area contributed by atoms with Gasteiger partial charge in [0.2, 0.25) is 5.91 Å². The molecule has 154 valence electrons. The summed E-state index contributed by atoms with van der Waals surface area (Å²) in [7, 11) is 0. The number of nitrogens with one attached hydrogen (secondary N) is 1. The molecule has 1 aliphatic rings. The van der Waals surface area contributed by atoms with Crippen LogP contribution in [-0.2, 0) is 4.79 Å². The predicted octanol–water partition coefficient (Wildman–Crippen LogP) is 4.87. The summed E-state index contributed by atoms with van der Waals surface area (Å²) in [5.74, 6) is -1.39. The van der Waals surface area contributed by atoms with Crippen LogP contribution in [0.15, 0.2) is 77.4 Å². The minimum absolute atomic E-state index is 0.0307. The molecule has 1 fully saturated rings. The van der Waals surface area contributed by atoms with Crippen LogP contribution in [0.2, 0.25) is 0 Å². The van der Waals surface area contributed by atoms with Crippen molar-refractivity contribution < 1.29 is 18.4 Å². The Morgan fingerprint density at radius 2 is 1.67 bits per heavy atom. The monoisotopic (exact) mass is 406 g/mol. The molecule has 0 unspecified atom stereocenters. The van der Waals surface area contributed by atoms with Gasteiger partial charge in [-0.2, -0.15) is 0 Å². The molecule has 0 bridgehead atoms. The van der Waals surface area contributed by atoms with Gasteiger partial charge in [-0.05, 0) is 43.2 Å². The number of hydrogen-bond donors (Lipinski definition) is 1. The fourth-order valence-corrected chi connectivity index (χ4v) is 3.94. The lowest BCUT2D eigenvalue weighted by Gasteiger charge is -2.32. The first-order chi connectivity index (χ1) is 14.6. The molecule has 3 aromatic rings. The lowest BCUT2D eigenvalue weighted by Crippen LogP contribution is -2.46. The molecule has 5 nitrogen and oxygen atoms in total. The van der Waals surface area contributed by atoms with E-state index in [1.807, 2.05) is 6.07 Å². The summed E-state index contributed by atoms with van der Waals surface area (Å²) in [6.07, 6.45) is 5.25. The molecule has 1 aromatic heterocycles. The number of rotatable bonds is 6. The van der Waals surface area contributed by atoms with E-state index in [-0.39, 0.29) is 17.4 Å². The highest BCUT2D eigenvalue weighted by Crippen LogP contribution is 2.32. The third-order valence-corrected chi connectivity index (χ3v) is 5.39. The Labute approximate surface area is 174 Å². The van der Waals surface area contributed by atoms with E-state index in [0.717, 1.165) is 25.7 Å². The first kappa shape index (κ1) is 19.9. The minimum atomic E-state index is -1.17. The summed E-state index contributed by atoms with van der Waals surface area (Å²) in [6.45, 7) is 0. The third-order valence-electron chi connectivity index (χ3n) is 5.39. The van der Waals surface area contributed by atoms with Crippen LogP contribution in [0.1, 0.15) is 47.8 Å². The van der Waals surface area contributed by atoms with Crippen LogP contribution in [0.25, 0.3) is 0 Å². The van der Waals surface area contributed by atoms with Crippen LogP contribution in [0.4, 0.5) is 10.1 Å². The lowest BCUT2D eigenvalue weighted by atomic mass is 10.0. The SMILES string of the molecule is O=C(NC1CCCC1)[C@H](c1ccccc1F)N(C(=O)c1ccco1)c1ccccc1. The number of halogens is 1. The zero-order chi connectivity index (χ0) is 20.9. The fourth-order valence-electron chi connectivity index (χ4n) is 3.94. The quantitative estimate of drug-likeness (QED) is 0.636. The molecule has 30 heavy (non-hydrogen) atoms. The van der Waals surface area contributed by atoms with Gasteiger partial charge in [0.1, 0.15) is 11.9 Å². The summed E-state index contributed by atoms with van der Waals surface area (Å²) >= 11 is 0. The van der Waals surface area contributed by atoms with Crippen LogP contribution in [-0.4, -0.2) is 17.9 Å². The highest BCUT2D eigenvalue weighted by Gasteiger charge is 2.37. The zero-order valence-corrected chi connectivity index (χ0v) is 16.5. The number of para-hydroxylation sites is 1. The van der Waals surface area contributed by atoms with Crippen LogP contribution >= 0.6 is 0 Å². The molecule has 1 N–H and O–H groups in total. The molecular formula is C24H23FN2O3. The largest absolute Gasteiger partial charge is 0.459 e. The van der Waals surface area contributed by atoms with Gasteiger partial charge in [-0.1, -0.05) is 49.2 Å². The van der Waals surface area contributed by atoms with E-state index < -0.39 is 23.7 Å². The summed E-state index contributed by atoms with van der Waals surface area (Å²) in [5.41, 5.74) is 0.616. The van der Waals surface area contributed by atoms with Gasteiger partial charge in [-0.25, -0.2) is 4.39 Å². The topological polar surface area (TPSA) is 62.6 Å². The van der Waals surface area contributed by atoms with Crippen molar-refractivity contribution in [2.24, 2.45) is 0 Å². The average molecular weight is 406 g/mol. The van der Waals surface area contributed by atoms with E-state index in [2.05, 4.69) is 5.32 Å². The number of benzene rings is 2. The predicted molar refractivity (Wildman–Crippen MR) is 111 cm³/mol. The van der Waals surface area contributed by atoms with Crippen molar-refractivity contribution >= 4 is 17.5 Å². The van der Waals surface area contributed by atoms with Crippen LogP contribution in [0.3, 0.4) is 0 Å². The van der Waals surface area contributed by atoms with E-state index in [0.29, 0.717) is 5.69 Å². The van der Waals surface area contributed by atoms with E-state index >= 15 is 0 Å². The van der Waals surface area contributed by atoms with Crippen molar-refractivity contribution in [3.63, 3.8) is 0 Å². The van der Waals surface area contributed by atoms with Crippen LogP contribution in [0.5, 0.6) is 0 Å². The van der Waals surface area contributed by atoms with Gasteiger partial charge in [0.15, 0.2) is 5.76 Å². The van der Waals surface area contributed by atoms with Gasteiger partial charge < -0.3 is 9.73 Å². The fraction of sp³-hybridized carbons (Fsp3) is 0.250. The molecule has 6 heteroatoms. The van der Waals surface area contributed by atoms with Crippen molar-refractivity contribution in [1.29, 1.82) is 0 Å². The second-order valence-corrected chi connectivity index (χ2v) is 7.40. The van der Waals surface area contributed by atoms with E-state index in [4.69, 9.17) is 4.42 Å². The van der Waals surface area contributed by atoms with Gasteiger partial charge in [-0.15, -0.1) is 0 Å². The van der Waals surface area contributed by atoms with Gasteiger partial charge in [0.05, 0.1) is 6.26 Å². The third kappa shape index (κ3) is 4.13. The average Bonchev–Trinajstić information content (AvgIpc) is 3.47. The molecular weight excluding hydrogens is 383 g/mol. The lowest BCUT2D eigenvalue weighted by molar-refractivity contribution is -0.123. The second kappa shape index (κ2) is 8.95. The van der Waals surface area contributed by atoms with Crippen molar-refractivity contribution in [3.8, 4) is 0 Å². The Morgan fingerprint density at radius 1 is 0.967 bits per heavy atom. The van der Waals surface area contributed by atoms with Crippen molar-refractivity contribution in [2.75, 3.05) is 4.90 Å². The highest BCUT2D eigenvalue weighted by molar-refractivity contribution is 6.08. The molecule has 4 rings (SSSR count). The van der Waals surface area contributed by atoms with E-state index in [1.165, 1.54) is 23.3 Å². The number of nitrogens with zero attached hydrogens (tertiary/aromatic N) is 1. The molecule has 1 saturated carbocycles. The Balaban J connectivity index is 1.81. The molecule has 2 aromatic carbocycles. The maximum absolute atomic E-state index is 14.9. The summed E-state index contributed by atoms with van der Waals surface area (Å²) in [5, 5.41) is 3.02. The number of anilines is 1. The standard InChI is InChI=1S/C24H23FN2O3/c25-20-14-7-6-13-19(20)22(23(28)26-17-9-4-5-10-17)27(18-11-2-1-3-12-18)24(29)21-15-8-16-30-21/h1-3,6-8,11-17,22H,4-5,9-10H2,(H,26,28)/t22-/m0/s1. The van der Waals surface area contributed by atoms with Gasteiger partial charge >= 0.3 is 0 Å². The first-order valence-electron chi connectivity index (χ1n) is 10.1. The van der Waals surface area contributed by atoms with Crippen LogP contribution in [0, 0.1) is 5.82 Å². The molecule has 1 atom stereocenters. The van der Waals surface area contributed by atoms with Gasteiger partial charge in [-0.3, -0.25) is 14.5 Å². The van der Waals surface area contributed by atoms with E-state index in [9.17, 15) is 14.0 Å². The summed E-state index contributed by atoms with van der Waals surface area (Å²) in [4.78, 5) is 28.1. The van der Waals surface area contributed by atoms with Gasteiger partial charge in [0.25, 0.3) is 5.91 Å². The molecule has 0 spiro atoms. The minimum Gasteiger partial charge on any atom is -0.459 e. The second-order valence-electron chi connectivity index (χ2n) is 7.40. The molecule has 1 heterocycles. The first-order valence-corrected chi connectivity index (χ1v) is 10.1. The maximum atomic E-state index is 14.9. The van der Waals surface area contributed by atoms with Gasteiger partial charge in [0, 0.05) is 17.3 Å². The normalized spacial score (nSPS) is 15.0. The molecule has 1 aliphatic carbocycles.